The van der Waals surface area contributed by atoms with E-state index in [9.17, 15) is 4.79 Å². The summed E-state index contributed by atoms with van der Waals surface area (Å²) in [6.45, 7) is 8.34. The number of likely N-dealkylation sites (N-methyl/N-ethyl adjacent to an activating group) is 1. The van der Waals surface area contributed by atoms with Gasteiger partial charge in [-0.3, -0.25) is 4.79 Å². The van der Waals surface area contributed by atoms with Gasteiger partial charge in [-0.05, 0) is 17.0 Å². The molecular weight excluding hydrogens is 236 g/mol. The van der Waals surface area contributed by atoms with Crippen LogP contribution in [0.3, 0.4) is 0 Å². The minimum absolute atomic E-state index is 0.0189. The third kappa shape index (κ3) is 1.30. The normalized spacial score (nSPS) is 28.9. The number of para-hydroxylation sites is 1. The molecule has 1 saturated heterocycles. The van der Waals surface area contributed by atoms with Crippen molar-refractivity contribution in [3.63, 3.8) is 0 Å². The molecule has 0 saturated carbocycles. The molecule has 19 heavy (non-hydrogen) atoms. The number of benzene rings is 1. The summed E-state index contributed by atoms with van der Waals surface area (Å²) in [7, 11) is 1.88. The lowest BCUT2D eigenvalue weighted by Crippen LogP contribution is -2.49. The highest BCUT2D eigenvalue weighted by Crippen LogP contribution is 2.58. The van der Waals surface area contributed by atoms with Crippen molar-refractivity contribution in [3.05, 3.63) is 42.5 Å². The number of rotatable bonds is 2. The molecule has 1 aromatic carbocycles. The lowest BCUT2D eigenvalue weighted by Gasteiger charge is -2.42. The summed E-state index contributed by atoms with van der Waals surface area (Å²) < 4.78 is 0. The minimum Gasteiger partial charge on any atom is -0.364 e. The Morgan fingerprint density at radius 3 is 2.84 bits per heavy atom. The Hall–Kier alpha value is -1.77. The zero-order chi connectivity index (χ0) is 13.8. The number of nitrogens with one attached hydrogen (secondary N) is 1. The smallest absolute Gasteiger partial charge is 0.225 e. The molecule has 3 rings (SSSR count). The van der Waals surface area contributed by atoms with Crippen LogP contribution in [-0.2, 0) is 10.2 Å². The maximum Gasteiger partial charge on any atom is 0.225 e. The van der Waals surface area contributed by atoms with Crippen LogP contribution in [0, 0.1) is 5.41 Å². The Labute approximate surface area is 114 Å². The molecule has 1 N–H and O–H groups in total. The molecule has 0 unspecified atom stereocenters. The second-order valence-electron chi connectivity index (χ2n) is 6.17. The molecule has 0 spiro atoms. The van der Waals surface area contributed by atoms with Gasteiger partial charge >= 0.3 is 0 Å². The number of allylic oxidation sites excluding steroid dienone is 1. The highest BCUT2D eigenvalue weighted by molar-refractivity contribution is 5.85. The van der Waals surface area contributed by atoms with E-state index in [1.165, 1.54) is 5.56 Å². The predicted molar refractivity (Wildman–Crippen MR) is 76.9 cm³/mol. The number of likely N-dealkylation sites (tertiary alicyclic amines) is 1. The highest BCUT2D eigenvalue weighted by Gasteiger charge is 2.62. The summed E-state index contributed by atoms with van der Waals surface area (Å²) in [4.78, 5) is 14.1. The molecule has 2 atom stereocenters. The van der Waals surface area contributed by atoms with Gasteiger partial charge in [-0.2, -0.15) is 0 Å². The van der Waals surface area contributed by atoms with E-state index in [2.05, 4.69) is 37.9 Å². The Morgan fingerprint density at radius 2 is 2.16 bits per heavy atom. The maximum absolute atomic E-state index is 12.2. The highest BCUT2D eigenvalue weighted by atomic mass is 16.2. The fourth-order valence-corrected chi connectivity index (χ4v) is 3.65. The number of carbonyl (C=O) groups is 1. The van der Waals surface area contributed by atoms with E-state index in [0.717, 1.165) is 5.69 Å². The van der Waals surface area contributed by atoms with Crippen LogP contribution in [0.1, 0.15) is 25.8 Å². The summed E-state index contributed by atoms with van der Waals surface area (Å²) in [5.41, 5.74) is 2.00. The first-order valence-corrected chi connectivity index (χ1v) is 6.69. The van der Waals surface area contributed by atoms with E-state index in [0.29, 0.717) is 6.42 Å². The van der Waals surface area contributed by atoms with Gasteiger partial charge < -0.3 is 10.2 Å². The predicted octanol–water partition coefficient (Wildman–Crippen LogP) is 2.75. The number of fused-ring (bicyclic) bond motifs is 3. The molecule has 3 heteroatoms. The quantitative estimate of drug-likeness (QED) is 0.825. The molecule has 2 aliphatic heterocycles. The summed E-state index contributed by atoms with van der Waals surface area (Å²) in [5, 5.41) is 3.52. The molecule has 0 radical (unpaired) electrons. The number of carbonyl (C=O) groups excluding carboxylic acids is 1. The van der Waals surface area contributed by atoms with Crippen LogP contribution >= 0.6 is 0 Å². The van der Waals surface area contributed by atoms with E-state index in [1.807, 2.05) is 30.2 Å². The molecule has 2 aliphatic rings. The van der Waals surface area contributed by atoms with E-state index in [-0.39, 0.29) is 22.9 Å². The van der Waals surface area contributed by atoms with Gasteiger partial charge in [0.1, 0.15) is 6.17 Å². The summed E-state index contributed by atoms with van der Waals surface area (Å²) in [5.74, 6) is 0.196. The third-order valence-electron chi connectivity index (χ3n) is 5.04. The zero-order valence-electron chi connectivity index (χ0n) is 11.7. The van der Waals surface area contributed by atoms with Crippen molar-refractivity contribution < 1.29 is 4.79 Å². The molecule has 0 bridgehead atoms. The lowest BCUT2D eigenvalue weighted by molar-refractivity contribution is -0.127. The molecule has 2 heterocycles. The van der Waals surface area contributed by atoms with Gasteiger partial charge in [0.2, 0.25) is 5.91 Å². The average molecular weight is 256 g/mol. The summed E-state index contributed by atoms with van der Waals surface area (Å²) in [6, 6.07) is 8.31. The number of hydrogen-bond donors (Lipinski definition) is 1. The van der Waals surface area contributed by atoms with Gasteiger partial charge in [0.15, 0.2) is 0 Å². The van der Waals surface area contributed by atoms with Crippen LogP contribution < -0.4 is 5.32 Å². The van der Waals surface area contributed by atoms with Crippen LogP contribution in [0.25, 0.3) is 0 Å². The van der Waals surface area contributed by atoms with Crippen molar-refractivity contribution in [1.29, 1.82) is 0 Å². The van der Waals surface area contributed by atoms with Crippen LogP contribution in [-0.4, -0.2) is 24.0 Å². The topological polar surface area (TPSA) is 32.3 Å². The van der Waals surface area contributed by atoms with Crippen LogP contribution in [0.2, 0.25) is 0 Å². The zero-order valence-corrected chi connectivity index (χ0v) is 11.7. The monoisotopic (exact) mass is 256 g/mol. The number of amides is 1. The van der Waals surface area contributed by atoms with Crippen molar-refractivity contribution in [2.45, 2.75) is 31.8 Å². The molecule has 1 aromatic rings. The standard InChI is InChI=1S/C16H20N2O/c1-5-15(2,3)16-10-13(19)18(4)14(16)17-12-9-7-6-8-11(12)16/h5-9,14,17H,1,10H2,2-4H3/t14-,16+/m0/s1. The Morgan fingerprint density at radius 1 is 1.47 bits per heavy atom. The molecule has 100 valence electrons. The largest absolute Gasteiger partial charge is 0.364 e. The first-order chi connectivity index (χ1) is 8.94. The number of anilines is 1. The van der Waals surface area contributed by atoms with E-state index >= 15 is 0 Å². The van der Waals surface area contributed by atoms with Gasteiger partial charge in [-0.25, -0.2) is 0 Å². The molecule has 3 nitrogen and oxygen atoms in total. The molecule has 1 amide bonds. The van der Waals surface area contributed by atoms with Gasteiger partial charge in [0.25, 0.3) is 0 Å². The van der Waals surface area contributed by atoms with E-state index < -0.39 is 0 Å². The Kier molecular flexibility index (Phi) is 2.34. The van der Waals surface area contributed by atoms with Gasteiger partial charge in [-0.1, -0.05) is 38.1 Å². The fraction of sp³-hybridized carbons (Fsp3) is 0.438. The molecular formula is C16H20N2O. The van der Waals surface area contributed by atoms with E-state index in [1.54, 1.807) is 0 Å². The minimum atomic E-state index is -0.225. The third-order valence-corrected chi connectivity index (χ3v) is 5.04. The fourth-order valence-electron chi connectivity index (χ4n) is 3.65. The van der Waals surface area contributed by atoms with Crippen LogP contribution in [0.5, 0.6) is 0 Å². The summed E-state index contributed by atoms with van der Waals surface area (Å²) >= 11 is 0. The van der Waals surface area contributed by atoms with Crippen molar-refractivity contribution in [3.8, 4) is 0 Å². The van der Waals surface area contributed by atoms with Crippen molar-refractivity contribution >= 4 is 11.6 Å². The maximum atomic E-state index is 12.2. The van der Waals surface area contributed by atoms with Gasteiger partial charge in [0, 0.05) is 19.2 Å². The van der Waals surface area contributed by atoms with Crippen molar-refractivity contribution in [2.24, 2.45) is 5.41 Å². The average Bonchev–Trinajstić information content (AvgIpc) is 2.85. The number of nitrogens with zero attached hydrogens (tertiary/aromatic N) is 1. The lowest BCUT2D eigenvalue weighted by atomic mass is 9.60. The Bertz CT molecular complexity index is 564. The van der Waals surface area contributed by atoms with Crippen molar-refractivity contribution in [2.75, 3.05) is 12.4 Å². The van der Waals surface area contributed by atoms with Gasteiger partial charge in [-0.15, -0.1) is 6.58 Å². The SMILES string of the molecule is C=CC(C)(C)[C@@]12CC(=O)N(C)[C@@H]1Nc1ccccc12. The first kappa shape index (κ1) is 12.3. The number of hydrogen-bond acceptors (Lipinski definition) is 2. The first-order valence-electron chi connectivity index (χ1n) is 6.69. The van der Waals surface area contributed by atoms with Crippen LogP contribution in [0.4, 0.5) is 5.69 Å². The Balaban J connectivity index is 2.26. The summed E-state index contributed by atoms with van der Waals surface area (Å²) in [6.07, 6.45) is 2.54. The second-order valence-corrected chi connectivity index (χ2v) is 6.17. The van der Waals surface area contributed by atoms with E-state index in [4.69, 9.17) is 0 Å². The molecule has 1 fully saturated rings. The second kappa shape index (κ2) is 3.62. The van der Waals surface area contributed by atoms with Crippen molar-refractivity contribution in [1.82, 2.24) is 4.90 Å². The van der Waals surface area contributed by atoms with Crippen LogP contribution in [0.15, 0.2) is 36.9 Å². The van der Waals surface area contributed by atoms with Gasteiger partial charge in [0.05, 0.1) is 5.41 Å². The molecule has 0 aromatic heterocycles. The molecule has 0 aliphatic carbocycles.